The number of benzene rings is 1. The number of imidazole rings is 1. The SMILES string of the molecule is CCCN(CCOc1c(Cl)cc(Cl)cc1Cl)C(=O)n1ccnc1.NS(=O)(=O)O. The van der Waals surface area contributed by atoms with Crippen molar-refractivity contribution in [2.45, 2.75) is 13.3 Å². The molecule has 0 saturated carbocycles. The normalized spacial score (nSPS) is 10.8. The summed E-state index contributed by atoms with van der Waals surface area (Å²) in [6.45, 7) is 3.28. The van der Waals surface area contributed by atoms with E-state index in [0.717, 1.165) is 6.42 Å². The zero-order valence-corrected chi connectivity index (χ0v) is 17.8. The second kappa shape index (κ2) is 11.4. The van der Waals surface area contributed by atoms with Crippen LogP contribution < -0.4 is 9.88 Å². The van der Waals surface area contributed by atoms with Gasteiger partial charge in [0, 0.05) is 24.0 Å². The monoisotopic (exact) mass is 472 g/mol. The maximum atomic E-state index is 12.3. The zero-order valence-electron chi connectivity index (χ0n) is 14.8. The van der Waals surface area contributed by atoms with Crippen LogP contribution in [-0.2, 0) is 10.3 Å². The van der Waals surface area contributed by atoms with Gasteiger partial charge in [0.05, 0.1) is 16.6 Å². The van der Waals surface area contributed by atoms with Crippen LogP contribution in [0.3, 0.4) is 0 Å². The zero-order chi connectivity index (χ0) is 21.3. The maximum Gasteiger partial charge on any atom is 0.330 e. The average molecular weight is 474 g/mol. The first kappa shape index (κ1) is 24.5. The highest BCUT2D eigenvalue weighted by molar-refractivity contribution is 7.83. The number of carbonyl (C=O) groups excluding carboxylic acids is 1. The van der Waals surface area contributed by atoms with Crippen molar-refractivity contribution in [2.24, 2.45) is 5.14 Å². The molecule has 0 aliphatic heterocycles. The highest BCUT2D eigenvalue weighted by Crippen LogP contribution is 2.35. The largest absolute Gasteiger partial charge is 0.489 e. The predicted molar refractivity (Wildman–Crippen MR) is 108 cm³/mol. The molecule has 0 spiro atoms. The number of carbonyl (C=O) groups is 1. The molecule has 1 amide bonds. The molecule has 0 unspecified atom stereocenters. The van der Waals surface area contributed by atoms with Crippen LogP contribution in [0.15, 0.2) is 30.9 Å². The number of amides is 1. The molecule has 0 fully saturated rings. The van der Waals surface area contributed by atoms with Crippen LogP contribution >= 0.6 is 34.8 Å². The third-order valence-electron chi connectivity index (χ3n) is 3.06. The predicted octanol–water partition coefficient (Wildman–Crippen LogP) is 3.35. The molecule has 2 rings (SSSR count). The van der Waals surface area contributed by atoms with E-state index in [-0.39, 0.29) is 12.6 Å². The Morgan fingerprint density at radius 3 is 2.32 bits per heavy atom. The van der Waals surface area contributed by atoms with E-state index in [4.69, 9.17) is 52.5 Å². The number of hydrogen-bond acceptors (Lipinski definition) is 5. The lowest BCUT2D eigenvalue weighted by Gasteiger charge is -2.22. The van der Waals surface area contributed by atoms with Crippen molar-refractivity contribution in [3.05, 3.63) is 45.9 Å². The standard InChI is InChI=1S/C15H16Cl3N3O2.H3NO3S/c1-2-4-20(15(22)21-5-3-19-10-21)6-7-23-14-12(17)8-11(16)9-13(14)18;1-5(2,3)4/h3,5,8-10H,2,4,6-7H2,1H3;(H3,1,2,3,4). The van der Waals surface area contributed by atoms with Crippen molar-refractivity contribution >= 4 is 51.1 Å². The number of nitrogens with zero attached hydrogens (tertiary/aromatic N) is 3. The minimum absolute atomic E-state index is 0.152. The van der Waals surface area contributed by atoms with E-state index in [2.05, 4.69) is 10.1 Å². The van der Waals surface area contributed by atoms with Gasteiger partial charge in [-0.1, -0.05) is 41.7 Å². The summed E-state index contributed by atoms with van der Waals surface area (Å²) in [5.74, 6) is 0.365. The van der Waals surface area contributed by atoms with Gasteiger partial charge in [0.25, 0.3) is 0 Å². The molecule has 9 nitrogen and oxygen atoms in total. The van der Waals surface area contributed by atoms with Crippen LogP contribution in [0.1, 0.15) is 13.3 Å². The van der Waals surface area contributed by atoms with E-state index in [1.54, 1.807) is 29.4 Å². The number of ether oxygens (including phenoxy) is 1. The number of hydrogen-bond donors (Lipinski definition) is 2. The number of halogens is 3. The third kappa shape index (κ3) is 9.09. The highest BCUT2D eigenvalue weighted by Gasteiger charge is 2.15. The third-order valence-corrected chi connectivity index (χ3v) is 3.84. The van der Waals surface area contributed by atoms with Crippen molar-refractivity contribution in [1.82, 2.24) is 14.5 Å². The minimum Gasteiger partial charge on any atom is -0.489 e. The Morgan fingerprint density at radius 2 is 1.86 bits per heavy atom. The van der Waals surface area contributed by atoms with Gasteiger partial charge in [0.2, 0.25) is 0 Å². The fourth-order valence-corrected chi connectivity index (χ4v) is 2.96. The molecule has 1 heterocycles. The Labute approximate surface area is 177 Å². The van der Waals surface area contributed by atoms with Crippen LogP contribution in [-0.4, -0.2) is 53.1 Å². The van der Waals surface area contributed by atoms with Crippen molar-refractivity contribution < 1.29 is 22.5 Å². The van der Waals surface area contributed by atoms with Gasteiger partial charge >= 0.3 is 16.3 Å². The summed E-state index contributed by atoms with van der Waals surface area (Å²) < 4.78 is 32.3. The van der Waals surface area contributed by atoms with Gasteiger partial charge in [-0.3, -0.25) is 9.12 Å². The van der Waals surface area contributed by atoms with Crippen molar-refractivity contribution in [1.29, 1.82) is 0 Å². The Morgan fingerprint density at radius 1 is 1.29 bits per heavy atom. The molecule has 1 aromatic heterocycles. The Bertz CT molecular complexity index is 847. The van der Waals surface area contributed by atoms with Crippen molar-refractivity contribution in [3.8, 4) is 5.75 Å². The molecule has 0 saturated heterocycles. The molecule has 0 bridgehead atoms. The van der Waals surface area contributed by atoms with Crippen LogP contribution in [0.25, 0.3) is 0 Å². The summed E-state index contributed by atoms with van der Waals surface area (Å²) in [6, 6.07) is 2.97. The molecule has 0 atom stereocenters. The van der Waals surface area contributed by atoms with E-state index < -0.39 is 10.3 Å². The lowest BCUT2D eigenvalue weighted by molar-refractivity contribution is 0.184. The first-order chi connectivity index (χ1) is 13.0. The van der Waals surface area contributed by atoms with Crippen LogP contribution in [0.2, 0.25) is 15.1 Å². The van der Waals surface area contributed by atoms with E-state index in [0.29, 0.717) is 33.9 Å². The van der Waals surface area contributed by atoms with Gasteiger partial charge in [-0.25, -0.2) is 14.9 Å². The summed E-state index contributed by atoms with van der Waals surface area (Å²) in [6.07, 6.45) is 5.48. The second-order valence-corrected chi connectivity index (χ2v) is 7.58. The first-order valence-electron chi connectivity index (χ1n) is 7.82. The average Bonchev–Trinajstić information content (AvgIpc) is 3.08. The molecule has 0 aliphatic carbocycles. The van der Waals surface area contributed by atoms with Gasteiger partial charge in [-0.05, 0) is 18.6 Å². The Balaban J connectivity index is 0.000000696. The lowest BCUT2D eigenvalue weighted by atomic mass is 10.3. The van der Waals surface area contributed by atoms with E-state index >= 15 is 0 Å². The summed E-state index contributed by atoms with van der Waals surface area (Å²) in [5.41, 5.74) is 0. The minimum atomic E-state index is -4.17. The second-order valence-electron chi connectivity index (χ2n) is 5.30. The van der Waals surface area contributed by atoms with Crippen molar-refractivity contribution in [2.75, 3.05) is 19.7 Å². The van der Waals surface area contributed by atoms with Gasteiger partial charge in [0.1, 0.15) is 12.9 Å². The van der Waals surface area contributed by atoms with E-state index in [1.165, 1.54) is 10.9 Å². The quantitative estimate of drug-likeness (QED) is 0.619. The molecule has 156 valence electrons. The Hall–Kier alpha value is -1.56. The van der Waals surface area contributed by atoms with Crippen LogP contribution in [0.5, 0.6) is 5.75 Å². The smallest absolute Gasteiger partial charge is 0.330 e. The molecule has 1 aromatic carbocycles. The fourth-order valence-electron chi connectivity index (χ4n) is 2.03. The molecule has 0 radical (unpaired) electrons. The summed E-state index contributed by atoms with van der Waals surface area (Å²) in [4.78, 5) is 17.9. The topological polar surface area (TPSA) is 128 Å². The summed E-state index contributed by atoms with van der Waals surface area (Å²) >= 11 is 18.0. The molecular weight excluding hydrogens is 455 g/mol. The van der Waals surface area contributed by atoms with E-state index in [9.17, 15) is 4.79 Å². The van der Waals surface area contributed by atoms with Gasteiger partial charge in [-0.15, -0.1) is 0 Å². The highest BCUT2D eigenvalue weighted by atomic mass is 35.5. The molecule has 13 heteroatoms. The molecule has 2 aromatic rings. The number of nitrogens with two attached hydrogens (primary N) is 1. The summed E-state index contributed by atoms with van der Waals surface area (Å²) in [7, 11) is -4.17. The van der Waals surface area contributed by atoms with Gasteiger partial charge in [0.15, 0.2) is 5.75 Å². The maximum absolute atomic E-state index is 12.3. The lowest BCUT2D eigenvalue weighted by Crippen LogP contribution is -2.37. The first-order valence-corrected chi connectivity index (χ1v) is 10.5. The molecule has 0 aliphatic rings. The summed E-state index contributed by atoms with van der Waals surface area (Å²) in [5, 5.41) is 5.00. The molecular formula is C15H19Cl3N4O5S. The number of aromatic nitrogens is 2. The molecule has 3 N–H and O–H groups in total. The van der Waals surface area contributed by atoms with Crippen LogP contribution in [0, 0.1) is 0 Å². The van der Waals surface area contributed by atoms with Crippen molar-refractivity contribution in [3.63, 3.8) is 0 Å². The van der Waals surface area contributed by atoms with Crippen LogP contribution in [0.4, 0.5) is 4.79 Å². The molecule has 28 heavy (non-hydrogen) atoms. The number of rotatable bonds is 6. The van der Waals surface area contributed by atoms with Gasteiger partial charge < -0.3 is 9.64 Å². The van der Waals surface area contributed by atoms with E-state index in [1.807, 2.05) is 6.92 Å². The van der Waals surface area contributed by atoms with Gasteiger partial charge in [-0.2, -0.15) is 8.42 Å². The fraction of sp³-hybridized carbons (Fsp3) is 0.333. The Kier molecular flexibility index (Phi) is 10.0.